The van der Waals surface area contributed by atoms with Crippen LogP contribution in [-0.4, -0.2) is 35.3 Å². The molecule has 0 aromatic heterocycles. The molecule has 0 bridgehead atoms. The molecule has 0 saturated heterocycles. The minimum Gasteiger partial charge on any atom is -0.444 e. The molecule has 5 N–H and O–H groups in total. The van der Waals surface area contributed by atoms with Gasteiger partial charge in [0.15, 0.2) is 0 Å². The van der Waals surface area contributed by atoms with Crippen LogP contribution in [0.1, 0.15) is 37.5 Å². The van der Waals surface area contributed by atoms with Crippen molar-refractivity contribution in [1.29, 1.82) is 0 Å². The van der Waals surface area contributed by atoms with E-state index >= 15 is 0 Å². The van der Waals surface area contributed by atoms with Crippen LogP contribution in [0.4, 0.5) is 4.79 Å². The van der Waals surface area contributed by atoms with Gasteiger partial charge in [-0.25, -0.2) is 4.79 Å². The minimum atomic E-state index is -0.891. The molecule has 0 aliphatic rings. The Morgan fingerprint density at radius 3 is 2.18 bits per heavy atom. The van der Waals surface area contributed by atoms with Crippen molar-refractivity contribution in [2.24, 2.45) is 5.73 Å². The van der Waals surface area contributed by atoms with Crippen molar-refractivity contribution in [3.05, 3.63) is 71.3 Å². The first kappa shape index (κ1) is 26.2. The Balaban J connectivity index is 1.91. The summed E-state index contributed by atoms with van der Waals surface area (Å²) in [6.07, 6.45) is -0.604. The second-order valence-corrected chi connectivity index (χ2v) is 9.46. The fraction of sp³-hybridized carbons (Fsp3) is 0.375. The van der Waals surface area contributed by atoms with Crippen molar-refractivity contribution in [2.45, 2.75) is 51.1 Å². The highest BCUT2D eigenvalue weighted by molar-refractivity contribution is 7.98. The third-order valence-electron chi connectivity index (χ3n) is 4.35. The number of nitrogens with two attached hydrogens (primary N) is 1. The molecule has 33 heavy (non-hydrogen) atoms. The first-order chi connectivity index (χ1) is 15.7. The zero-order chi connectivity index (χ0) is 24.3. The van der Waals surface area contributed by atoms with E-state index in [1.54, 1.807) is 20.8 Å². The average Bonchev–Trinajstić information content (AvgIpc) is 2.77. The summed E-state index contributed by atoms with van der Waals surface area (Å²) in [6, 6.07) is 16.2. The summed E-state index contributed by atoms with van der Waals surface area (Å²) < 4.78 is 5.27. The van der Waals surface area contributed by atoms with Crippen LogP contribution < -0.4 is 21.9 Å². The maximum atomic E-state index is 12.7. The number of hydrogen-bond donors (Lipinski definition) is 4. The van der Waals surface area contributed by atoms with E-state index in [1.807, 2.05) is 54.6 Å². The van der Waals surface area contributed by atoms with Gasteiger partial charge in [-0.2, -0.15) is 11.8 Å². The maximum Gasteiger partial charge on any atom is 0.408 e. The topological polar surface area (TPSA) is 123 Å². The lowest BCUT2D eigenvalue weighted by Crippen LogP contribution is -2.54. The van der Waals surface area contributed by atoms with Crippen LogP contribution >= 0.6 is 11.8 Å². The van der Waals surface area contributed by atoms with Crippen LogP contribution in [0, 0.1) is 0 Å². The lowest BCUT2D eigenvalue weighted by Gasteiger charge is -2.23. The number of ether oxygens (including phenoxy) is 1. The van der Waals surface area contributed by atoms with E-state index in [0.717, 1.165) is 16.7 Å². The van der Waals surface area contributed by atoms with Gasteiger partial charge >= 0.3 is 6.09 Å². The van der Waals surface area contributed by atoms with E-state index in [9.17, 15) is 14.4 Å². The van der Waals surface area contributed by atoms with E-state index in [2.05, 4.69) is 16.2 Å². The molecule has 2 rings (SSSR count). The Labute approximate surface area is 199 Å². The summed E-state index contributed by atoms with van der Waals surface area (Å²) in [5, 5.41) is 2.59. The van der Waals surface area contributed by atoms with Gasteiger partial charge in [0.2, 0.25) is 5.91 Å². The van der Waals surface area contributed by atoms with Crippen LogP contribution in [0.3, 0.4) is 0 Å². The second kappa shape index (κ2) is 12.9. The maximum absolute atomic E-state index is 12.7. The molecule has 178 valence electrons. The fourth-order valence-electron chi connectivity index (χ4n) is 2.74. The number of hydrazine groups is 1. The number of carbonyl (C=O) groups is 3. The molecule has 3 amide bonds. The Bertz CT molecular complexity index is 914. The summed E-state index contributed by atoms with van der Waals surface area (Å²) in [5.74, 6) is 0.0624. The van der Waals surface area contributed by atoms with Gasteiger partial charge in [0.25, 0.3) is 5.91 Å². The SMILES string of the molecule is CC(C)(C)OC(=O)NC(CSCc1ccccc1)C(=O)NNC(=O)Cc1ccc(CN)cc1. The molecule has 1 unspecified atom stereocenters. The Morgan fingerprint density at radius 1 is 0.939 bits per heavy atom. The van der Waals surface area contributed by atoms with Gasteiger partial charge in [0.05, 0.1) is 6.42 Å². The minimum absolute atomic E-state index is 0.0953. The summed E-state index contributed by atoms with van der Waals surface area (Å²) in [6.45, 7) is 5.65. The first-order valence-electron chi connectivity index (χ1n) is 10.6. The molecule has 1 atom stereocenters. The molecule has 0 fully saturated rings. The summed E-state index contributed by atoms with van der Waals surface area (Å²) in [4.78, 5) is 37.2. The first-order valence-corrected chi connectivity index (χ1v) is 11.8. The highest BCUT2D eigenvalue weighted by Gasteiger charge is 2.24. The van der Waals surface area contributed by atoms with Gasteiger partial charge in [-0.1, -0.05) is 54.6 Å². The molecular weight excluding hydrogens is 440 g/mol. The average molecular weight is 473 g/mol. The number of benzene rings is 2. The third kappa shape index (κ3) is 10.4. The molecular formula is C24H32N4O4S. The van der Waals surface area contributed by atoms with E-state index in [0.29, 0.717) is 18.1 Å². The zero-order valence-corrected chi connectivity index (χ0v) is 20.0. The molecule has 8 nitrogen and oxygen atoms in total. The van der Waals surface area contributed by atoms with E-state index in [-0.39, 0.29) is 12.3 Å². The lowest BCUT2D eigenvalue weighted by molar-refractivity contribution is -0.129. The van der Waals surface area contributed by atoms with Crippen LogP contribution in [-0.2, 0) is 33.0 Å². The van der Waals surface area contributed by atoms with Crippen LogP contribution in [0.25, 0.3) is 0 Å². The van der Waals surface area contributed by atoms with Gasteiger partial charge in [-0.15, -0.1) is 0 Å². The molecule has 0 aliphatic heterocycles. The Kier molecular flexibility index (Phi) is 10.2. The van der Waals surface area contributed by atoms with Crippen molar-refractivity contribution >= 4 is 29.7 Å². The third-order valence-corrected chi connectivity index (χ3v) is 5.46. The molecule has 0 spiro atoms. The fourth-order valence-corrected chi connectivity index (χ4v) is 3.76. The number of alkyl carbamates (subject to hydrolysis) is 1. The van der Waals surface area contributed by atoms with Gasteiger partial charge in [0, 0.05) is 18.1 Å². The largest absolute Gasteiger partial charge is 0.444 e. The zero-order valence-electron chi connectivity index (χ0n) is 19.2. The number of amides is 3. The predicted octanol–water partition coefficient (Wildman–Crippen LogP) is 2.66. The molecule has 0 aliphatic carbocycles. The van der Waals surface area contributed by atoms with Gasteiger partial charge in [0.1, 0.15) is 11.6 Å². The second-order valence-electron chi connectivity index (χ2n) is 8.43. The summed E-state index contributed by atoms with van der Waals surface area (Å²) in [5.41, 5.74) is 12.6. The van der Waals surface area contributed by atoms with Gasteiger partial charge in [-0.3, -0.25) is 20.4 Å². The van der Waals surface area contributed by atoms with Crippen LogP contribution in [0.5, 0.6) is 0 Å². The van der Waals surface area contributed by atoms with Crippen molar-refractivity contribution in [3.8, 4) is 0 Å². The number of hydrogen-bond acceptors (Lipinski definition) is 6. The van der Waals surface area contributed by atoms with Crippen LogP contribution in [0.2, 0.25) is 0 Å². The van der Waals surface area contributed by atoms with Crippen molar-refractivity contribution in [1.82, 2.24) is 16.2 Å². The molecule has 9 heteroatoms. The number of carbonyl (C=O) groups excluding carboxylic acids is 3. The van der Waals surface area contributed by atoms with Crippen molar-refractivity contribution < 1.29 is 19.1 Å². The summed E-state index contributed by atoms with van der Waals surface area (Å²) in [7, 11) is 0. The summed E-state index contributed by atoms with van der Waals surface area (Å²) >= 11 is 1.49. The van der Waals surface area contributed by atoms with Gasteiger partial charge < -0.3 is 15.8 Å². The smallest absolute Gasteiger partial charge is 0.408 e. The number of thioether (sulfide) groups is 1. The van der Waals surface area contributed by atoms with E-state index < -0.39 is 23.6 Å². The highest BCUT2D eigenvalue weighted by atomic mass is 32.2. The number of nitrogens with one attached hydrogen (secondary N) is 3. The van der Waals surface area contributed by atoms with Crippen molar-refractivity contribution in [2.75, 3.05) is 5.75 Å². The molecule has 0 heterocycles. The Hall–Kier alpha value is -3.04. The molecule has 0 saturated carbocycles. The molecule has 0 radical (unpaired) electrons. The quantitative estimate of drug-likeness (QED) is 0.416. The number of rotatable bonds is 9. The molecule has 2 aromatic carbocycles. The normalized spacial score (nSPS) is 11.9. The lowest BCUT2D eigenvalue weighted by atomic mass is 10.1. The van der Waals surface area contributed by atoms with E-state index in [4.69, 9.17) is 10.5 Å². The standard InChI is InChI=1S/C24H32N4O4S/c1-24(2,3)32-23(31)26-20(16-33-15-19-7-5-4-6-8-19)22(30)28-27-21(29)13-17-9-11-18(14-25)12-10-17/h4-12,20H,13-16,25H2,1-3H3,(H,26,31)(H,27,29)(H,28,30). The Morgan fingerprint density at radius 2 is 1.58 bits per heavy atom. The van der Waals surface area contributed by atoms with Crippen molar-refractivity contribution in [3.63, 3.8) is 0 Å². The predicted molar refractivity (Wildman–Crippen MR) is 130 cm³/mol. The van der Waals surface area contributed by atoms with Gasteiger partial charge in [-0.05, 0) is 37.5 Å². The van der Waals surface area contributed by atoms with E-state index in [1.165, 1.54) is 11.8 Å². The monoisotopic (exact) mass is 472 g/mol. The van der Waals surface area contributed by atoms with Crippen LogP contribution in [0.15, 0.2) is 54.6 Å². The highest BCUT2D eigenvalue weighted by Crippen LogP contribution is 2.14. The molecule has 2 aromatic rings.